The largest absolute Gasteiger partial charge is 0.493 e. The number of nitrogens with two attached hydrogens (primary N) is 1. The van der Waals surface area contributed by atoms with Crippen molar-refractivity contribution in [2.45, 2.75) is 64.8 Å². The van der Waals surface area contributed by atoms with Gasteiger partial charge in [-0.25, -0.2) is 34.3 Å². The Morgan fingerprint density at radius 1 is 0.560 bits per heavy atom. The second kappa shape index (κ2) is 36.9. The topological polar surface area (TPSA) is 313 Å². The van der Waals surface area contributed by atoms with Crippen molar-refractivity contribution in [3.63, 3.8) is 0 Å². The van der Waals surface area contributed by atoms with Crippen LogP contribution in [0, 0.1) is 11.8 Å². The van der Waals surface area contributed by atoms with Gasteiger partial charge in [-0.15, -0.1) is 0 Å². The summed E-state index contributed by atoms with van der Waals surface area (Å²) in [6.45, 7) is 11.2. The number of fused-ring (bicyclic) bond motifs is 2. The lowest BCUT2D eigenvalue weighted by molar-refractivity contribution is 0.127. The zero-order valence-electron chi connectivity index (χ0n) is 51.8. The first kappa shape index (κ1) is 67.5. The molecule has 2 saturated heterocycles. The van der Waals surface area contributed by atoms with E-state index in [0.29, 0.717) is 24.3 Å². The second-order valence-corrected chi connectivity index (χ2v) is 22.0. The third kappa shape index (κ3) is 22.9. The molecule has 25 nitrogen and oxygen atoms in total. The van der Waals surface area contributed by atoms with Crippen molar-refractivity contribution in [1.82, 2.24) is 58.8 Å². The number of nitrogens with zero attached hydrogens (tertiary/aromatic N) is 9. The summed E-state index contributed by atoms with van der Waals surface area (Å²) in [6, 6.07) is 37.6. The standard InChI is InChI=1S/C31H39N7O3.C25H33N5O.C6H8N2O3.C4H4N2O2/c1-40-23-38-18-13-29(36-31(38)39)32-15-19-37-16-11-25(12-17-37)21-41-26-9-10-27-28(20-26)34-22-35-30(27)33-14-5-8-24-6-3-2-4-7-24;26-12-16-30-14-10-21(11-15-30)18-31-22-8-9-23-24(17-22)28-19-29-25(23)27-13-4-7-20-5-2-1-3-6-20;1-11-4-8-3-2-5(9)7-6(8)10;7-3-1-2-5-4(8)6-3/h2-4,6-7,9-10,13,18,20,22,25H,5,8,11-12,14-17,19,21,23H2,1H3,(H,32,36,39)(H,33,34,35);1-3,5-6,8-9,17,19,21H,4,7,10-16,18,26H2,(H,27,28,29);2-3H,4H2,1H3,(H,7,9,10);1-2H,(H2,5,6,7,8). The molecule has 0 atom stereocenters. The van der Waals surface area contributed by atoms with Gasteiger partial charge in [0, 0.05) is 107 Å². The molecule has 9 aromatic rings. The Morgan fingerprint density at radius 3 is 1.56 bits per heavy atom. The van der Waals surface area contributed by atoms with Crippen molar-refractivity contribution in [3.8, 4) is 11.5 Å². The lowest BCUT2D eigenvalue weighted by Crippen LogP contribution is -2.38. The third-order valence-corrected chi connectivity index (χ3v) is 15.3. The van der Waals surface area contributed by atoms with Gasteiger partial charge in [0.1, 0.15) is 55.1 Å². The molecule has 0 unspecified atom stereocenters. The predicted octanol–water partition coefficient (Wildman–Crippen LogP) is 5.97. The fraction of sp³-hybridized carbons (Fsp3) is 0.394. The molecule has 2 fully saturated rings. The van der Waals surface area contributed by atoms with E-state index in [0.717, 1.165) is 156 Å². The Balaban J connectivity index is 0.000000185. The van der Waals surface area contributed by atoms with Gasteiger partial charge in [-0.1, -0.05) is 60.7 Å². The number of ether oxygens (including phenoxy) is 4. The van der Waals surface area contributed by atoms with Gasteiger partial charge < -0.3 is 55.4 Å². The Bertz CT molecular complexity index is 3880. The second-order valence-electron chi connectivity index (χ2n) is 22.0. The van der Waals surface area contributed by atoms with Crippen LogP contribution in [0.2, 0.25) is 0 Å². The predicted molar refractivity (Wildman–Crippen MR) is 354 cm³/mol. The molecule has 0 radical (unpaired) electrons. The number of hydrogen-bond donors (Lipinski definition) is 7. The zero-order chi connectivity index (χ0) is 63.8. The highest BCUT2D eigenvalue weighted by atomic mass is 16.5. The van der Waals surface area contributed by atoms with E-state index < -0.39 is 16.9 Å². The highest BCUT2D eigenvalue weighted by molar-refractivity contribution is 5.90. The minimum atomic E-state index is -0.475. The van der Waals surface area contributed by atoms with Gasteiger partial charge in [-0.2, -0.15) is 4.98 Å². The molecule has 0 spiro atoms. The summed E-state index contributed by atoms with van der Waals surface area (Å²) in [7, 11) is 3.02. The van der Waals surface area contributed by atoms with Crippen molar-refractivity contribution >= 4 is 39.3 Å². The van der Waals surface area contributed by atoms with Crippen LogP contribution in [0.4, 0.5) is 17.5 Å². The molecule has 4 aromatic carbocycles. The van der Waals surface area contributed by atoms with Crippen LogP contribution < -0.4 is 59.3 Å². The number of aromatic nitrogens is 10. The van der Waals surface area contributed by atoms with Crippen LogP contribution in [-0.4, -0.2) is 152 Å². The fourth-order valence-electron chi connectivity index (χ4n) is 10.4. The number of methoxy groups -OCH3 is 2. The molecule has 7 heterocycles. The number of piperidine rings is 2. The highest BCUT2D eigenvalue weighted by Gasteiger charge is 2.21. The van der Waals surface area contributed by atoms with E-state index in [1.807, 2.05) is 41.4 Å². The van der Waals surface area contributed by atoms with Crippen molar-refractivity contribution < 1.29 is 18.9 Å². The normalized spacial score (nSPS) is 13.6. The van der Waals surface area contributed by atoms with E-state index in [1.54, 1.807) is 32.0 Å². The molecule has 91 heavy (non-hydrogen) atoms. The summed E-state index contributed by atoms with van der Waals surface area (Å²) in [5.41, 5.74) is 8.14. The zero-order valence-corrected chi connectivity index (χ0v) is 51.8. The summed E-state index contributed by atoms with van der Waals surface area (Å²) >= 11 is 0. The summed E-state index contributed by atoms with van der Waals surface area (Å²) in [5.74, 6) is 5.20. The number of nitrogens with one attached hydrogen (secondary N) is 6. The summed E-state index contributed by atoms with van der Waals surface area (Å²) in [5, 5.41) is 12.2. The van der Waals surface area contributed by atoms with E-state index in [1.165, 1.54) is 64.7 Å². The average molecular weight is 1250 g/mol. The van der Waals surface area contributed by atoms with Crippen LogP contribution in [0.15, 0.2) is 170 Å². The molecule has 0 bridgehead atoms. The van der Waals surface area contributed by atoms with Crippen LogP contribution in [-0.2, 0) is 35.8 Å². The van der Waals surface area contributed by atoms with Crippen LogP contribution in [0.5, 0.6) is 11.5 Å². The molecule has 0 amide bonds. The lowest BCUT2D eigenvalue weighted by Gasteiger charge is -2.31. The van der Waals surface area contributed by atoms with Gasteiger partial charge >= 0.3 is 17.1 Å². The van der Waals surface area contributed by atoms with Gasteiger partial charge in [0.25, 0.3) is 11.1 Å². The number of rotatable bonds is 26. The maximum atomic E-state index is 12.0. The molecule has 2 aliphatic rings. The smallest absolute Gasteiger partial charge is 0.351 e. The first-order valence-electron chi connectivity index (χ1n) is 30.8. The minimum Gasteiger partial charge on any atom is -0.493 e. The average Bonchev–Trinajstić information content (AvgIpc) is 1.76. The van der Waals surface area contributed by atoms with E-state index >= 15 is 0 Å². The maximum Gasteiger partial charge on any atom is 0.351 e. The Kier molecular flexibility index (Phi) is 27.4. The van der Waals surface area contributed by atoms with Crippen molar-refractivity contribution in [2.75, 3.05) is 109 Å². The van der Waals surface area contributed by atoms with E-state index in [4.69, 9.17) is 19.9 Å². The minimum absolute atomic E-state index is 0.148. The maximum absolute atomic E-state index is 12.0. The quantitative estimate of drug-likeness (QED) is 0.0307. The van der Waals surface area contributed by atoms with E-state index in [-0.39, 0.29) is 24.7 Å². The molecule has 25 heteroatoms. The van der Waals surface area contributed by atoms with Crippen LogP contribution >= 0.6 is 0 Å². The Hall–Kier alpha value is -9.40. The Labute approximate surface area is 527 Å². The van der Waals surface area contributed by atoms with Crippen LogP contribution in [0.3, 0.4) is 0 Å². The first-order valence-corrected chi connectivity index (χ1v) is 30.8. The number of aryl methyl sites for hydroxylation is 2. The molecule has 5 aromatic heterocycles. The summed E-state index contributed by atoms with van der Waals surface area (Å²) in [6.07, 6.45) is 16.3. The number of aromatic amines is 3. The Morgan fingerprint density at radius 2 is 1.08 bits per heavy atom. The SMILES string of the molecule is COCn1ccc(=O)[nH]c1=O.COCn1ccc(NCCN2CCC(COc3ccc4c(NCCCc5ccccc5)ncnc4c3)CC2)nc1=O.NCCN1CCC(COc2ccc3c(NCCCc4ccccc4)ncnc3c2)CC1.O=c1cc[nH]c(=O)[nH]1. The van der Waals surface area contributed by atoms with E-state index in [2.05, 4.69) is 126 Å². The lowest BCUT2D eigenvalue weighted by atomic mass is 9.98. The number of H-pyrrole nitrogens is 3. The van der Waals surface area contributed by atoms with Gasteiger partial charge in [0.05, 0.1) is 24.2 Å². The third-order valence-electron chi connectivity index (χ3n) is 15.3. The summed E-state index contributed by atoms with van der Waals surface area (Å²) < 4.78 is 24.7. The van der Waals surface area contributed by atoms with Crippen molar-refractivity contribution in [2.24, 2.45) is 17.6 Å². The number of benzene rings is 4. The molecule has 2 aliphatic heterocycles. The molecule has 0 saturated carbocycles. The number of hydrogen-bond acceptors (Lipinski definition) is 20. The van der Waals surface area contributed by atoms with Gasteiger partial charge in [0.15, 0.2) is 0 Å². The molecule has 11 rings (SSSR count). The van der Waals surface area contributed by atoms with Crippen molar-refractivity contribution in [1.29, 1.82) is 0 Å². The van der Waals surface area contributed by atoms with Gasteiger partial charge in [-0.05, 0) is 131 Å². The number of likely N-dealkylation sites (tertiary alicyclic amines) is 2. The molecule has 8 N–H and O–H groups in total. The van der Waals surface area contributed by atoms with Crippen LogP contribution in [0.1, 0.15) is 49.7 Å². The fourth-order valence-corrected chi connectivity index (χ4v) is 10.4. The molecular weight excluding hydrogens is 1160 g/mol. The monoisotopic (exact) mass is 1240 g/mol. The molecule has 0 aliphatic carbocycles. The molecular formula is C66H84N16O9. The molecule has 482 valence electrons. The van der Waals surface area contributed by atoms with Crippen LogP contribution in [0.25, 0.3) is 21.8 Å². The van der Waals surface area contributed by atoms with Gasteiger partial charge in [-0.3, -0.25) is 28.7 Å². The highest BCUT2D eigenvalue weighted by Crippen LogP contribution is 2.28. The van der Waals surface area contributed by atoms with Gasteiger partial charge in [0.2, 0.25) is 0 Å². The van der Waals surface area contributed by atoms with E-state index in [9.17, 15) is 24.0 Å². The summed E-state index contributed by atoms with van der Waals surface area (Å²) in [4.78, 5) is 86.9. The number of anilines is 3. The van der Waals surface area contributed by atoms with Crippen molar-refractivity contribution in [3.05, 3.63) is 210 Å². The first-order chi connectivity index (χ1) is 44.5.